The van der Waals surface area contributed by atoms with E-state index in [9.17, 15) is 4.79 Å². The highest BCUT2D eigenvalue weighted by Crippen LogP contribution is 2.32. The molecule has 0 aliphatic carbocycles. The van der Waals surface area contributed by atoms with Crippen LogP contribution in [-0.4, -0.2) is 25.8 Å². The van der Waals surface area contributed by atoms with Crippen molar-refractivity contribution in [2.75, 3.05) is 5.32 Å². The molecule has 3 heterocycles. The van der Waals surface area contributed by atoms with Gasteiger partial charge in [-0.2, -0.15) is 0 Å². The fourth-order valence-electron chi connectivity index (χ4n) is 3.56. The number of rotatable bonds is 7. The molecule has 156 valence electrons. The number of aromatic nitrogens is 4. The number of hydrogen-bond donors (Lipinski definition) is 2. The smallest absolute Gasteiger partial charge is 0.247 e. The minimum atomic E-state index is -0.240. The van der Waals surface area contributed by atoms with Crippen LogP contribution < -0.4 is 5.32 Å². The summed E-state index contributed by atoms with van der Waals surface area (Å²) in [4.78, 5) is 28.3. The molecule has 0 aliphatic rings. The molecular formula is C25H25N5O. The van der Waals surface area contributed by atoms with Gasteiger partial charge in [-0.1, -0.05) is 32.6 Å². The van der Waals surface area contributed by atoms with Crippen molar-refractivity contribution in [1.29, 1.82) is 0 Å². The predicted molar refractivity (Wildman–Crippen MR) is 125 cm³/mol. The number of benzene rings is 1. The van der Waals surface area contributed by atoms with Crippen LogP contribution in [0.1, 0.15) is 25.8 Å². The molecular weight excluding hydrogens is 386 g/mol. The molecule has 1 aromatic carbocycles. The second kappa shape index (κ2) is 8.92. The van der Waals surface area contributed by atoms with Gasteiger partial charge in [-0.3, -0.25) is 4.79 Å². The van der Waals surface area contributed by atoms with Gasteiger partial charge in [0, 0.05) is 40.8 Å². The normalized spacial score (nSPS) is 11.1. The zero-order valence-corrected chi connectivity index (χ0v) is 17.7. The van der Waals surface area contributed by atoms with Crippen LogP contribution in [0.3, 0.4) is 0 Å². The number of hydrogen-bond acceptors (Lipinski definition) is 4. The van der Waals surface area contributed by atoms with Gasteiger partial charge in [0.2, 0.25) is 5.91 Å². The number of aryl methyl sites for hydroxylation is 1. The Balaban J connectivity index is 1.74. The summed E-state index contributed by atoms with van der Waals surface area (Å²) in [5, 5.41) is 3.80. The van der Waals surface area contributed by atoms with Crippen molar-refractivity contribution in [1.82, 2.24) is 19.9 Å². The lowest BCUT2D eigenvalue weighted by atomic mass is 9.98. The van der Waals surface area contributed by atoms with E-state index in [1.54, 1.807) is 6.33 Å². The molecule has 0 saturated heterocycles. The van der Waals surface area contributed by atoms with Crippen molar-refractivity contribution in [3.63, 3.8) is 0 Å². The SMILES string of the molecule is C=CC(=O)Nc1cccc(-c2cnc3[nH]cc(-c4ncncc4CCC(C)C)c3c2)c1. The summed E-state index contributed by atoms with van der Waals surface area (Å²) in [6.45, 7) is 7.94. The van der Waals surface area contributed by atoms with E-state index < -0.39 is 0 Å². The van der Waals surface area contributed by atoms with E-state index in [0.29, 0.717) is 11.6 Å². The topological polar surface area (TPSA) is 83.6 Å². The lowest BCUT2D eigenvalue weighted by Crippen LogP contribution is -2.06. The average Bonchev–Trinajstić information content (AvgIpc) is 3.21. The van der Waals surface area contributed by atoms with Gasteiger partial charge in [0.25, 0.3) is 0 Å². The second-order valence-corrected chi connectivity index (χ2v) is 7.93. The maximum Gasteiger partial charge on any atom is 0.247 e. The maximum absolute atomic E-state index is 11.6. The van der Waals surface area contributed by atoms with Gasteiger partial charge in [0.15, 0.2) is 0 Å². The van der Waals surface area contributed by atoms with E-state index in [1.807, 2.05) is 42.9 Å². The molecule has 3 aromatic heterocycles. The average molecular weight is 412 g/mol. The van der Waals surface area contributed by atoms with E-state index in [1.165, 1.54) is 6.08 Å². The molecule has 6 nitrogen and oxygen atoms in total. The standard InChI is InChI=1S/C25H25N5O/c1-4-23(31)30-20-7-5-6-17(10-20)19-11-21-22(14-28-25(21)27-13-19)24-18(9-8-16(2)3)12-26-15-29-24/h4-7,10-16H,1,8-9H2,2-3H3,(H,27,28)(H,30,31). The van der Waals surface area contributed by atoms with Crippen LogP contribution in [0.25, 0.3) is 33.4 Å². The molecule has 0 unspecified atom stereocenters. The molecule has 31 heavy (non-hydrogen) atoms. The largest absolute Gasteiger partial charge is 0.345 e. The number of aromatic amines is 1. The first-order valence-corrected chi connectivity index (χ1v) is 10.4. The number of amides is 1. The van der Waals surface area contributed by atoms with E-state index in [2.05, 4.69) is 51.7 Å². The van der Waals surface area contributed by atoms with Gasteiger partial charge in [-0.05, 0) is 54.2 Å². The molecule has 6 heteroatoms. The summed E-state index contributed by atoms with van der Waals surface area (Å²) in [7, 11) is 0. The molecule has 0 bridgehead atoms. The van der Waals surface area contributed by atoms with Crippen LogP contribution in [0.2, 0.25) is 0 Å². The van der Waals surface area contributed by atoms with E-state index >= 15 is 0 Å². The van der Waals surface area contributed by atoms with Gasteiger partial charge < -0.3 is 10.3 Å². The third-order valence-corrected chi connectivity index (χ3v) is 5.21. The van der Waals surface area contributed by atoms with Crippen LogP contribution in [0.5, 0.6) is 0 Å². The van der Waals surface area contributed by atoms with Gasteiger partial charge in [-0.25, -0.2) is 15.0 Å². The molecule has 1 amide bonds. The third-order valence-electron chi connectivity index (χ3n) is 5.21. The number of pyridine rings is 1. The van der Waals surface area contributed by atoms with Crippen molar-refractivity contribution in [2.45, 2.75) is 26.7 Å². The van der Waals surface area contributed by atoms with Crippen molar-refractivity contribution < 1.29 is 4.79 Å². The number of H-pyrrole nitrogens is 1. The fraction of sp³-hybridized carbons (Fsp3) is 0.200. The van der Waals surface area contributed by atoms with Crippen molar-refractivity contribution in [3.8, 4) is 22.4 Å². The van der Waals surface area contributed by atoms with Crippen LogP contribution in [0, 0.1) is 5.92 Å². The summed E-state index contributed by atoms with van der Waals surface area (Å²) < 4.78 is 0. The Bertz CT molecular complexity index is 1240. The van der Waals surface area contributed by atoms with Gasteiger partial charge in [0.05, 0.1) is 5.69 Å². The number of fused-ring (bicyclic) bond motifs is 1. The first-order valence-electron chi connectivity index (χ1n) is 10.4. The Hall–Kier alpha value is -3.80. The monoisotopic (exact) mass is 411 g/mol. The van der Waals surface area contributed by atoms with Gasteiger partial charge >= 0.3 is 0 Å². The highest BCUT2D eigenvalue weighted by Gasteiger charge is 2.14. The number of nitrogens with zero attached hydrogens (tertiary/aromatic N) is 3. The van der Waals surface area contributed by atoms with E-state index in [0.717, 1.165) is 51.8 Å². The minimum Gasteiger partial charge on any atom is -0.345 e. The van der Waals surface area contributed by atoms with Crippen LogP contribution >= 0.6 is 0 Å². The Labute approximate surface area is 181 Å². The molecule has 0 fully saturated rings. The zero-order valence-electron chi connectivity index (χ0n) is 17.7. The summed E-state index contributed by atoms with van der Waals surface area (Å²) in [5.74, 6) is 0.370. The Morgan fingerprint density at radius 1 is 1.19 bits per heavy atom. The molecule has 0 aliphatic heterocycles. The first-order chi connectivity index (χ1) is 15.0. The van der Waals surface area contributed by atoms with Crippen LogP contribution in [-0.2, 0) is 11.2 Å². The molecule has 4 rings (SSSR count). The van der Waals surface area contributed by atoms with Crippen molar-refractivity contribution >= 4 is 22.6 Å². The zero-order chi connectivity index (χ0) is 21.8. The quantitative estimate of drug-likeness (QED) is 0.399. The van der Waals surface area contributed by atoms with Crippen LogP contribution in [0.4, 0.5) is 5.69 Å². The summed E-state index contributed by atoms with van der Waals surface area (Å²) in [6.07, 6.45) is 10.6. The highest BCUT2D eigenvalue weighted by molar-refractivity contribution is 5.99. The lowest BCUT2D eigenvalue weighted by molar-refractivity contribution is -0.111. The predicted octanol–water partition coefficient (Wildman–Crippen LogP) is 5.40. The molecule has 2 N–H and O–H groups in total. The molecule has 0 spiro atoms. The summed E-state index contributed by atoms with van der Waals surface area (Å²) in [6, 6.07) is 9.79. The van der Waals surface area contributed by atoms with Crippen molar-refractivity contribution in [2.24, 2.45) is 5.92 Å². The molecule has 0 saturated carbocycles. The van der Waals surface area contributed by atoms with Crippen molar-refractivity contribution in [3.05, 3.63) is 73.5 Å². The Kier molecular flexibility index (Phi) is 5.89. The third kappa shape index (κ3) is 4.53. The number of carbonyl (C=O) groups excluding carboxylic acids is 1. The molecule has 0 radical (unpaired) electrons. The van der Waals surface area contributed by atoms with Crippen LogP contribution in [0.15, 0.2) is 67.9 Å². The number of nitrogens with one attached hydrogen (secondary N) is 2. The Morgan fingerprint density at radius 2 is 2.06 bits per heavy atom. The first kappa shape index (κ1) is 20.5. The molecule has 0 atom stereocenters. The van der Waals surface area contributed by atoms with Gasteiger partial charge in [-0.15, -0.1) is 0 Å². The van der Waals surface area contributed by atoms with E-state index in [-0.39, 0.29) is 5.91 Å². The van der Waals surface area contributed by atoms with E-state index in [4.69, 9.17) is 0 Å². The fourth-order valence-corrected chi connectivity index (χ4v) is 3.56. The van der Waals surface area contributed by atoms with Gasteiger partial charge in [0.1, 0.15) is 12.0 Å². The summed E-state index contributed by atoms with van der Waals surface area (Å²) >= 11 is 0. The highest BCUT2D eigenvalue weighted by atomic mass is 16.1. The Morgan fingerprint density at radius 3 is 2.87 bits per heavy atom. The lowest BCUT2D eigenvalue weighted by Gasteiger charge is -2.09. The minimum absolute atomic E-state index is 0.240. The molecule has 4 aromatic rings. The number of carbonyl (C=O) groups is 1. The number of anilines is 1. The summed E-state index contributed by atoms with van der Waals surface area (Å²) in [5.41, 5.74) is 6.53. The second-order valence-electron chi connectivity index (χ2n) is 7.93. The maximum atomic E-state index is 11.6.